The monoisotopic (exact) mass is 345 g/mol. The Morgan fingerprint density at radius 3 is 2.50 bits per heavy atom. The molecule has 102 valence electrons. The maximum Gasteiger partial charge on any atom is 0.252 e. The van der Waals surface area contributed by atoms with E-state index in [9.17, 15) is 21.6 Å². The topological polar surface area (TPSA) is 37.4 Å². The van der Waals surface area contributed by atoms with Crippen LogP contribution in [0.3, 0.4) is 0 Å². The largest absolute Gasteiger partial charge is 0.252 e. The third-order valence-electron chi connectivity index (χ3n) is 2.11. The van der Waals surface area contributed by atoms with Crippen LogP contribution in [0.1, 0.15) is 0 Å². The third-order valence-corrected chi connectivity index (χ3v) is 4.33. The maximum atomic E-state index is 13.0. The minimum absolute atomic E-state index is 0.108. The summed E-state index contributed by atoms with van der Waals surface area (Å²) >= 11 is 2.99. The summed E-state index contributed by atoms with van der Waals surface area (Å²) < 4.78 is 62.3. The quantitative estimate of drug-likeness (QED) is 0.743. The molecule has 0 atom stereocenters. The number of benzene rings is 1. The molecule has 1 aromatic rings. The van der Waals surface area contributed by atoms with Crippen LogP contribution in [-0.2, 0) is 10.0 Å². The minimum Gasteiger partial charge on any atom is -0.209 e. The molecular formula is C10H11BrF3NO2S. The van der Waals surface area contributed by atoms with Crippen LogP contribution in [0.5, 0.6) is 0 Å². The van der Waals surface area contributed by atoms with Crippen LogP contribution in [-0.4, -0.2) is 37.6 Å². The first-order valence-corrected chi connectivity index (χ1v) is 7.54. The summed E-state index contributed by atoms with van der Waals surface area (Å²) in [6, 6.07) is 4.28. The van der Waals surface area contributed by atoms with E-state index in [2.05, 4.69) is 15.9 Å². The fourth-order valence-corrected chi connectivity index (χ4v) is 3.45. The van der Waals surface area contributed by atoms with E-state index in [4.69, 9.17) is 0 Å². The Labute approximate surface area is 112 Å². The molecule has 0 aromatic heterocycles. The zero-order valence-electron chi connectivity index (χ0n) is 9.19. The minimum atomic E-state index is -4.10. The van der Waals surface area contributed by atoms with Gasteiger partial charge in [0.1, 0.15) is 5.82 Å². The van der Waals surface area contributed by atoms with Crippen molar-refractivity contribution in [2.24, 2.45) is 0 Å². The van der Waals surface area contributed by atoms with Gasteiger partial charge in [-0.05, 0) is 18.2 Å². The van der Waals surface area contributed by atoms with E-state index in [1.165, 1.54) is 12.1 Å². The zero-order chi connectivity index (χ0) is 13.8. The van der Waals surface area contributed by atoms with Crippen molar-refractivity contribution >= 4 is 26.0 Å². The van der Waals surface area contributed by atoms with Crippen molar-refractivity contribution in [2.75, 3.05) is 18.4 Å². The first-order valence-electron chi connectivity index (χ1n) is 4.97. The van der Waals surface area contributed by atoms with E-state index >= 15 is 0 Å². The standard InChI is InChI=1S/C10H11BrF3NO2S/c11-4-5-15(7-10(13)14)18(16,17)9-3-1-2-8(12)6-9/h1-3,6,10H,4-5,7H2. The zero-order valence-corrected chi connectivity index (χ0v) is 11.6. The summed E-state index contributed by atoms with van der Waals surface area (Å²) in [6.07, 6.45) is -2.78. The number of sulfonamides is 1. The van der Waals surface area contributed by atoms with Crippen molar-refractivity contribution in [3.8, 4) is 0 Å². The van der Waals surface area contributed by atoms with Crippen molar-refractivity contribution in [1.82, 2.24) is 4.31 Å². The van der Waals surface area contributed by atoms with Crippen molar-refractivity contribution in [3.63, 3.8) is 0 Å². The predicted octanol–water partition coefficient (Wildman–Crippen LogP) is 2.48. The first kappa shape index (κ1) is 15.5. The molecule has 0 saturated heterocycles. The highest BCUT2D eigenvalue weighted by atomic mass is 79.9. The van der Waals surface area contributed by atoms with Gasteiger partial charge in [-0.2, -0.15) is 4.31 Å². The second-order valence-electron chi connectivity index (χ2n) is 3.40. The van der Waals surface area contributed by atoms with Crippen LogP contribution in [0.2, 0.25) is 0 Å². The highest BCUT2D eigenvalue weighted by molar-refractivity contribution is 9.09. The van der Waals surface area contributed by atoms with E-state index in [0.717, 1.165) is 12.1 Å². The van der Waals surface area contributed by atoms with Crippen LogP contribution in [0.15, 0.2) is 29.2 Å². The lowest BCUT2D eigenvalue weighted by Gasteiger charge is -2.20. The van der Waals surface area contributed by atoms with Gasteiger partial charge in [0.2, 0.25) is 10.0 Å². The van der Waals surface area contributed by atoms with Gasteiger partial charge in [0.15, 0.2) is 0 Å². The maximum absolute atomic E-state index is 13.0. The van der Waals surface area contributed by atoms with Gasteiger partial charge in [0.25, 0.3) is 6.43 Å². The first-order chi connectivity index (χ1) is 8.37. The number of halogens is 4. The molecule has 18 heavy (non-hydrogen) atoms. The van der Waals surface area contributed by atoms with Gasteiger partial charge >= 0.3 is 0 Å². The molecule has 0 heterocycles. The number of alkyl halides is 3. The van der Waals surface area contributed by atoms with Crippen molar-refractivity contribution in [1.29, 1.82) is 0 Å². The van der Waals surface area contributed by atoms with E-state index in [-0.39, 0.29) is 16.8 Å². The number of nitrogens with zero attached hydrogens (tertiary/aromatic N) is 1. The van der Waals surface area contributed by atoms with Crippen LogP contribution in [0, 0.1) is 5.82 Å². The van der Waals surface area contributed by atoms with Gasteiger partial charge in [-0.1, -0.05) is 22.0 Å². The van der Waals surface area contributed by atoms with Crippen LogP contribution in [0.25, 0.3) is 0 Å². The molecule has 0 amide bonds. The smallest absolute Gasteiger partial charge is 0.209 e. The van der Waals surface area contributed by atoms with Gasteiger partial charge in [-0.3, -0.25) is 0 Å². The van der Waals surface area contributed by atoms with Crippen LogP contribution in [0.4, 0.5) is 13.2 Å². The highest BCUT2D eigenvalue weighted by Gasteiger charge is 2.26. The Morgan fingerprint density at radius 1 is 1.33 bits per heavy atom. The van der Waals surface area contributed by atoms with Crippen molar-refractivity contribution in [2.45, 2.75) is 11.3 Å². The molecule has 0 unspecified atom stereocenters. The van der Waals surface area contributed by atoms with Gasteiger partial charge in [0, 0.05) is 11.9 Å². The molecule has 0 aliphatic heterocycles. The molecule has 0 bridgehead atoms. The molecule has 1 rings (SSSR count). The lowest BCUT2D eigenvalue weighted by Crippen LogP contribution is -2.36. The number of hydrogen-bond acceptors (Lipinski definition) is 2. The normalized spacial score (nSPS) is 12.3. The average molecular weight is 346 g/mol. The molecule has 0 spiro atoms. The van der Waals surface area contributed by atoms with Gasteiger partial charge in [-0.25, -0.2) is 21.6 Å². The Morgan fingerprint density at radius 2 is 2.00 bits per heavy atom. The van der Waals surface area contributed by atoms with Gasteiger partial charge in [-0.15, -0.1) is 0 Å². The van der Waals surface area contributed by atoms with E-state index < -0.39 is 28.8 Å². The molecule has 0 radical (unpaired) electrons. The number of rotatable bonds is 6. The fraction of sp³-hybridized carbons (Fsp3) is 0.400. The molecule has 0 fully saturated rings. The Balaban J connectivity index is 3.08. The van der Waals surface area contributed by atoms with Crippen molar-refractivity contribution in [3.05, 3.63) is 30.1 Å². The summed E-state index contributed by atoms with van der Waals surface area (Å²) in [5, 5.41) is 0.217. The summed E-state index contributed by atoms with van der Waals surface area (Å²) in [5.41, 5.74) is 0. The predicted molar refractivity (Wildman–Crippen MR) is 65.0 cm³/mol. The lowest BCUT2D eigenvalue weighted by atomic mass is 10.4. The molecular weight excluding hydrogens is 335 g/mol. The van der Waals surface area contributed by atoms with Gasteiger partial charge in [0.05, 0.1) is 11.4 Å². The van der Waals surface area contributed by atoms with Gasteiger partial charge < -0.3 is 0 Å². The van der Waals surface area contributed by atoms with E-state index in [1.54, 1.807) is 0 Å². The van der Waals surface area contributed by atoms with Crippen LogP contribution < -0.4 is 0 Å². The molecule has 8 heteroatoms. The summed E-state index contributed by atoms with van der Waals surface area (Å²) in [7, 11) is -4.10. The molecule has 0 saturated carbocycles. The highest BCUT2D eigenvalue weighted by Crippen LogP contribution is 2.18. The number of hydrogen-bond donors (Lipinski definition) is 0. The second-order valence-corrected chi connectivity index (χ2v) is 6.13. The van der Waals surface area contributed by atoms with E-state index in [0.29, 0.717) is 4.31 Å². The molecule has 0 N–H and O–H groups in total. The second kappa shape index (κ2) is 6.53. The fourth-order valence-electron chi connectivity index (χ4n) is 1.33. The van der Waals surface area contributed by atoms with Crippen LogP contribution >= 0.6 is 15.9 Å². The average Bonchev–Trinajstić information content (AvgIpc) is 2.28. The third kappa shape index (κ3) is 3.96. The molecule has 3 nitrogen and oxygen atoms in total. The SMILES string of the molecule is O=S(=O)(c1cccc(F)c1)N(CCBr)CC(F)F. The van der Waals surface area contributed by atoms with E-state index in [1.807, 2.05) is 0 Å². The summed E-state index contributed by atoms with van der Waals surface area (Å²) in [4.78, 5) is -0.330. The summed E-state index contributed by atoms with van der Waals surface area (Å²) in [5.74, 6) is -0.730. The van der Waals surface area contributed by atoms with Crippen molar-refractivity contribution < 1.29 is 21.6 Å². The Hall–Kier alpha value is -0.600. The molecule has 0 aliphatic carbocycles. The Bertz CT molecular complexity index is 496. The lowest BCUT2D eigenvalue weighted by molar-refractivity contribution is 0.121. The molecule has 1 aromatic carbocycles. The Kier molecular flexibility index (Phi) is 5.61. The summed E-state index contributed by atoms with van der Waals surface area (Å²) in [6.45, 7) is -1.02. The molecule has 0 aliphatic rings.